The molecule has 2 aliphatic rings. The molecule has 0 spiro atoms. The zero-order valence-corrected chi connectivity index (χ0v) is 16.3. The maximum absolute atomic E-state index is 12.6. The number of esters is 1. The summed E-state index contributed by atoms with van der Waals surface area (Å²) >= 11 is 0. The first-order chi connectivity index (χ1) is 12.0. The van der Waals surface area contributed by atoms with Crippen molar-refractivity contribution in [2.45, 2.75) is 65.8 Å². The van der Waals surface area contributed by atoms with Crippen LogP contribution in [0.15, 0.2) is 35.5 Å². The molecule has 0 aliphatic heterocycles. The van der Waals surface area contributed by atoms with Crippen LogP contribution in [-0.2, 0) is 14.3 Å². The standard InChI is InChI=1S/C21H30O5/c1-7-15(22)17(24)9-13-12(4)18(10-16(13)23)26-20(25)19-14(8-11(2)3)21(19,5)6/h7-8,14-15,17-19,22,24H,1,9-10H2,2-6H3/t14-,15?,17+,18+,19+/m1/s1. The fraction of sp³-hybridized carbons (Fsp3) is 0.619. The van der Waals surface area contributed by atoms with Crippen molar-refractivity contribution in [3.63, 3.8) is 0 Å². The molecule has 2 aliphatic carbocycles. The molecule has 2 rings (SSSR count). The molecule has 0 aromatic rings. The van der Waals surface area contributed by atoms with Crippen molar-refractivity contribution in [1.29, 1.82) is 0 Å². The molecule has 0 aromatic heterocycles. The van der Waals surface area contributed by atoms with E-state index < -0.39 is 18.3 Å². The van der Waals surface area contributed by atoms with Gasteiger partial charge in [-0.25, -0.2) is 0 Å². The number of carbonyl (C=O) groups excluding carboxylic acids is 2. The third-order valence-electron chi connectivity index (χ3n) is 5.65. The van der Waals surface area contributed by atoms with Gasteiger partial charge in [-0.15, -0.1) is 6.58 Å². The van der Waals surface area contributed by atoms with Crippen molar-refractivity contribution < 1.29 is 24.5 Å². The SMILES string of the molecule is C=CC(O)[C@@H](O)CC1=C(C)[C@@H](OC(=O)[C@@H]2[C@@H](C=C(C)C)C2(C)C)CC1=O. The summed E-state index contributed by atoms with van der Waals surface area (Å²) in [5.74, 6) is -0.461. The minimum absolute atomic E-state index is 0.0290. The molecule has 1 fully saturated rings. The van der Waals surface area contributed by atoms with Gasteiger partial charge in [0, 0.05) is 12.0 Å². The van der Waals surface area contributed by atoms with Gasteiger partial charge in [0.15, 0.2) is 5.78 Å². The second-order valence-corrected chi connectivity index (χ2v) is 8.28. The number of aliphatic hydroxyl groups is 2. The number of rotatable bonds is 7. The lowest BCUT2D eigenvalue weighted by Gasteiger charge is -2.16. The van der Waals surface area contributed by atoms with E-state index in [0.717, 1.165) is 0 Å². The van der Waals surface area contributed by atoms with Crippen LogP contribution in [0.2, 0.25) is 0 Å². The summed E-state index contributed by atoms with van der Waals surface area (Å²) in [7, 11) is 0. The Morgan fingerprint density at radius 2 is 2.00 bits per heavy atom. The van der Waals surface area contributed by atoms with Crippen LogP contribution in [0.5, 0.6) is 0 Å². The Kier molecular flexibility index (Phi) is 5.93. The molecule has 0 amide bonds. The van der Waals surface area contributed by atoms with Crippen LogP contribution >= 0.6 is 0 Å². The average Bonchev–Trinajstić information content (AvgIpc) is 2.98. The summed E-state index contributed by atoms with van der Waals surface area (Å²) in [6.45, 7) is 13.3. The zero-order valence-electron chi connectivity index (χ0n) is 16.3. The maximum Gasteiger partial charge on any atom is 0.310 e. The molecular formula is C21H30O5. The Balaban J connectivity index is 2.06. The van der Waals surface area contributed by atoms with Gasteiger partial charge in [-0.2, -0.15) is 0 Å². The topological polar surface area (TPSA) is 83.8 Å². The van der Waals surface area contributed by atoms with Crippen molar-refractivity contribution in [1.82, 2.24) is 0 Å². The van der Waals surface area contributed by atoms with E-state index in [2.05, 4.69) is 12.7 Å². The monoisotopic (exact) mass is 362 g/mol. The molecule has 1 saturated carbocycles. The van der Waals surface area contributed by atoms with E-state index in [1.807, 2.05) is 27.7 Å². The van der Waals surface area contributed by atoms with Gasteiger partial charge in [0.05, 0.1) is 24.5 Å². The van der Waals surface area contributed by atoms with Gasteiger partial charge in [0.1, 0.15) is 6.10 Å². The first-order valence-corrected chi connectivity index (χ1v) is 9.07. The highest BCUT2D eigenvalue weighted by atomic mass is 16.5. The number of carbonyl (C=O) groups is 2. The Hall–Kier alpha value is -1.72. The molecular weight excluding hydrogens is 332 g/mol. The van der Waals surface area contributed by atoms with Gasteiger partial charge in [-0.3, -0.25) is 9.59 Å². The molecule has 5 heteroatoms. The Labute approximate surface area is 155 Å². The Bertz CT molecular complexity index is 666. The van der Waals surface area contributed by atoms with E-state index in [0.29, 0.717) is 11.1 Å². The number of ether oxygens (including phenoxy) is 1. The third kappa shape index (κ3) is 3.99. The molecule has 5 nitrogen and oxygen atoms in total. The first kappa shape index (κ1) is 20.6. The van der Waals surface area contributed by atoms with Gasteiger partial charge < -0.3 is 14.9 Å². The van der Waals surface area contributed by atoms with Crippen LogP contribution in [0.1, 0.15) is 47.5 Å². The summed E-state index contributed by atoms with van der Waals surface area (Å²) in [6.07, 6.45) is 0.693. The maximum atomic E-state index is 12.6. The van der Waals surface area contributed by atoms with Crippen LogP contribution in [0.4, 0.5) is 0 Å². The fourth-order valence-corrected chi connectivity index (χ4v) is 3.76. The quantitative estimate of drug-likeness (QED) is 0.537. The largest absolute Gasteiger partial charge is 0.457 e. The second kappa shape index (κ2) is 7.49. The molecule has 26 heavy (non-hydrogen) atoms. The van der Waals surface area contributed by atoms with E-state index >= 15 is 0 Å². The summed E-state index contributed by atoms with van der Waals surface area (Å²) in [6, 6.07) is 0. The number of aliphatic hydroxyl groups excluding tert-OH is 2. The van der Waals surface area contributed by atoms with Gasteiger partial charge in [0.2, 0.25) is 0 Å². The summed E-state index contributed by atoms with van der Waals surface area (Å²) in [4.78, 5) is 24.9. The number of hydrogen-bond donors (Lipinski definition) is 2. The van der Waals surface area contributed by atoms with E-state index in [1.54, 1.807) is 6.92 Å². The second-order valence-electron chi connectivity index (χ2n) is 8.28. The molecule has 0 aromatic carbocycles. The summed E-state index contributed by atoms with van der Waals surface area (Å²) < 4.78 is 5.65. The first-order valence-electron chi connectivity index (χ1n) is 9.07. The number of ketones is 1. The predicted molar refractivity (Wildman–Crippen MR) is 99.2 cm³/mol. The lowest BCUT2D eigenvalue weighted by molar-refractivity contribution is -0.150. The number of hydrogen-bond acceptors (Lipinski definition) is 5. The fourth-order valence-electron chi connectivity index (χ4n) is 3.76. The smallest absolute Gasteiger partial charge is 0.310 e. The van der Waals surface area contributed by atoms with Crippen molar-refractivity contribution in [3.8, 4) is 0 Å². The lowest BCUT2D eigenvalue weighted by Crippen LogP contribution is -2.25. The van der Waals surface area contributed by atoms with Gasteiger partial charge in [0.25, 0.3) is 0 Å². The Morgan fingerprint density at radius 1 is 1.38 bits per heavy atom. The van der Waals surface area contributed by atoms with Gasteiger partial charge in [-0.1, -0.05) is 31.6 Å². The van der Waals surface area contributed by atoms with E-state index in [-0.39, 0.29) is 41.8 Å². The summed E-state index contributed by atoms with van der Waals surface area (Å²) in [5.41, 5.74) is 2.13. The molecule has 1 unspecified atom stereocenters. The van der Waals surface area contributed by atoms with Gasteiger partial charge >= 0.3 is 5.97 Å². The molecule has 0 bridgehead atoms. The normalized spacial score (nSPS) is 29.2. The van der Waals surface area contributed by atoms with Crippen molar-refractivity contribution >= 4 is 11.8 Å². The van der Waals surface area contributed by atoms with Crippen molar-refractivity contribution in [3.05, 3.63) is 35.5 Å². The van der Waals surface area contributed by atoms with E-state index in [9.17, 15) is 19.8 Å². The van der Waals surface area contributed by atoms with Crippen LogP contribution < -0.4 is 0 Å². The minimum Gasteiger partial charge on any atom is -0.457 e. The highest BCUT2D eigenvalue weighted by Crippen LogP contribution is 2.60. The van der Waals surface area contributed by atoms with Gasteiger partial charge in [-0.05, 0) is 37.7 Å². The molecule has 0 heterocycles. The molecule has 144 valence electrons. The number of Topliss-reactive ketones (excluding diaryl/α,β-unsaturated/α-hetero) is 1. The van der Waals surface area contributed by atoms with Crippen molar-refractivity contribution in [2.75, 3.05) is 0 Å². The zero-order chi connectivity index (χ0) is 19.8. The molecule has 5 atom stereocenters. The number of allylic oxidation sites excluding steroid dienone is 2. The summed E-state index contributed by atoms with van der Waals surface area (Å²) in [5, 5.41) is 19.6. The van der Waals surface area contributed by atoms with Crippen LogP contribution in [0.3, 0.4) is 0 Å². The minimum atomic E-state index is -1.10. The lowest BCUT2D eigenvalue weighted by atomic mass is 10.0. The van der Waals surface area contributed by atoms with Crippen LogP contribution in [-0.4, -0.2) is 40.3 Å². The highest BCUT2D eigenvalue weighted by Gasteiger charge is 2.61. The third-order valence-corrected chi connectivity index (χ3v) is 5.65. The van der Waals surface area contributed by atoms with E-state index in [1.165, 1.54) is 11.6 Å². The molecule has 0 radical (unpaired) electrons. The Morgan fingerprint density at radius 3 is 2.54 bits per heavy atom. The molecule has 2 N–H and O–H groups in total. The predicted octanol–water partition coefficient (Wildman–Crippen LogP) is 2.72. The van der Waals surface area contributed by atoms with E-state index in [4.69, 9.17) is 4.74 Å². The highest BCUT2D eigenvalue weighted by molar-refractivity contribution is 6.00. The average molecular weight is 362 g/mol. The van der Waals surface area contributed by atoms with Crippen molar-refractivity contribution in [2.24, 2.45) is 17.3 Å². The van der Waals surface area contributed by atoms with Crippen LogP contribution in [0, 0.1) is 17.3 Å². The van der Waals surface area contributed by atoms with Crippen LogP contribution in [0.25, 0.3) is 0 Å². The molecule has 0 saturated heterocycles.